The van der Waals surface area contributed by atoms with Gasteiger partial charge in [-0.05, 0) is 37.8 Å². The van der Waals surface area contributed by atoms with Gasteiger partial charge in [0.15, 0.2) is 5.78 Å². The zero-order chi connectivity index (χ0) is 13.9. The summed E-state index contributed by atoms with van der Waals surface area (Å²) in [4.78, 5) is 15.5. The first-order chi connectivity index (χ1) is 9.74. The summed E-state index contributed by atoms with van der Waals surface area (Å²) in [5.41, 5.74) is 1.79. The van der Waals surface area contributed by atoms with Crippen molar-refractivity contribution in [2.75, 3.05) is 6.61 Å². The number of ketones is 1. The van der Waals surface area contributed by atoms with E-state index in [1.807, 2.05) is 24.4 Å². The minimum Gasteiger partial charge on any atom is -0.378 e. The van der Waals surface area contributed by atoms with Gasteiger partial charge in [0.1, 0.15) is 0 Å². The molecule has 0 amide bonds. The first-order valence-electron chi connectivity index (χ1n) is 7.15. The summed E-state index contributed by atoms with van der Waals surface area (Å²) in [6.07, 6.45) is 6.96. The Bertz CT molecular complexity index is 614. The van der Waals surface area contributed by atoms with E-state index in [0.29, 0.717) is 6.42 Å². The monoisotopic (exact) mass is 335 g/mol. The number of carbonyl (C=O) groups is 1. The number of fused-ring (bicyclic) bond motifs is 1. The van der Waals surface area contributed by atoms with Gasteiger partial charge in [0, 0.05) is 40.2 Å². The number of carbonyl (C=O) groups excluding carboxylic acids is 1. The van der Waals surface area contributed by atoms with Crippen LogP contribution in [0.3, 0.4) is 0 Å². The van der Waals surface area contributed by atoms with Gasteiger partial charge in [-0.2, -0.15) is 0 Å². The largest absolute Gasteiger partial charge is 0.378 e. The lowest BCUT2D eigenvalue weighted by atomic mass is 10.00. The molecule has 1 aromatic heterocycles. The third kappa shape index (κ3) is 2.96. The number of hydrogen-bond acceptors (Lipinski definition) is 2. The minimum atomic E-state index is 0.202. The molecule has 0 radical (unpaired) electrons. The van der Waals surface area contributed by atoms with Crippen LogP contribution in [0.5, 0.6) is 0 Å². The Hall–Kier alpha value is -1.13. The van der Waals surface area contributed by atoms with E-state index in [0.717, 1.165) is 46.8 Å². The number of H-pyrrole nitrogens is 1. The van der Waals surface area contributed by atoms with Crippen LogP contribution in [-0.4, -0.2) is 23.5 Å². The van der Waals surface area contributed by atoms with Gasteiger partial charge in [-0.3, -0.25) is 4.79 Å². The molecule has 2 heterocycles. The van der Waals surface area contributed by atoms with Crippen LogP contribution in [-0.2, 0) is 4.74 Å². The number of aromatic nitrogens is 1. The molecule has 1 unspecified atom stereocenters. The van der Waals surface area contributed by atoms with E-state index < -0.39 is 0 Å². The molecule has 1 fully saturated rings. The molecule has 106 valence electrons. The minimum absolute atomic E-state index is 0.202. The maximum atomic E-state index is 12.4. The maximum Gasteiger partial charge on any atom is 0.165 e. The Morgan fingerprint density at radius 1 is 1.40 bits per heavy atom. The summed E-state index contributed by atoms with van der Waals surface area (Å²) in [6.45, 7) is 0.847. The number of nitrogens with one attached hydrogen (secondary N) is 1. The Morgan fingerprint density at radius 2 is 2.30 bits per heavy atom. The van der Waals surface area contributed by atoms with Crippen LogP contribution >= 0.6 is 15.9 Å². The second kappa shape index (κ2) is 6.10. The lowest BCUT2D eigenvalue weighted by Gasteiger charge is -2.22. The van der Waals surface area contributed by atoms with Crippen molar-refractivity contribution >= 4 is 32.6 Å². The highest BCUT2D eigenvalue weighted by Gasteiger charge is 2.17. The summed E-state index contributed by atoms with van der Waals surface area (Å²) < 4.78 is 6.70. The molecule has 4 heteroatoms. The van der Waals surface area contributed by atoms with Gasteiger partial charge in [-0.25, -0.2) is 0 Å². The third-order valence-electron chi connectivity index (χ3n) is 3.91. The Morgan fingerprint density at radius 3 is 3.10 bits per heavy atom. The summed E-state index contributed by atoms with van der Waals surface area (Å²) in [5, 5.41) is 1.00. The number of halogens is 1. The van der Waals surface area contributed by atoms with E-state index >= 15 is 0 Å². The highest BCUT2D eigenvalue weighted by molar-refractivity contribution is 9.10. The lowest BCUT2D eigenvalue weighted by Crippen LogP contribution is -2.19. The van der Waals surface area contributed by atoms with Gasteiger partial charge in [-0.1, -0.05) is 22.0 Å². The average Bonchev–Trinajstić information content (AvgIpc) is 2.89. The fourth-order valence-electron chi connectivity index (χ4n) is 2.79. The van der Waals surface area contributed by atoms with Crippen LogP contribution in [0.1, 0.15) is 42.5 Å². The zero-order valence-electron chi connectivity index (χ0n) is 11.3. The summed E-state index contributed by atoms with van der Waals surface area (Å²) in [6, 6.07) is 5.95. The Kier molecular flexibility index (Phi) is 4.22. The second-order valence-corrected chi connectivity index (χ2v) is 6.26. The first kappa shape index (κ1) is 13.8. The molecule has 1 aliphatic heterocycles. The van der Waals surface area contributed by atoms with Crippen molar-refractivity contribution in [1.82, 2.24) is 4.98 Å². The number of benzene rings is 1. The van der Waals surface area contributed by atoms with E-state index in [9.17, 15) is 4.79 Å². The van der Waals surface area contributed by atoms with Gasteiger partial charge in [0.05, 0.1) is 6.10 Å². The van der Waals surface area contributed by atoms with E-state index in [1.165, 1.54) is 6.42 Å². The summed E-state index contributed by atoms with van der Waals surface area (Å²) >= 11 is 3.44. The Balaban J connectivity index is 1.69. The second-order valence-electron chi connectivity index (χ2n) is 5.34. The molecule has 3 nitrogen and oxygen atoms in total. The number of rotatable bonds is 4. The zero-order valence-corrected chi connectivity index (χ0v) is 12.9. The highest BCUT2D eigenvalue weighted by atomic mass is 79.9. The molecule has 1 atom stereocenters. The lowest BCUT2D eigenvalue weighted by molar-refractivity contribution is 0.0104. The van der Waals surface area contributed by atoms with Crippen molar-refractivity contribution in [3.05, 3.63) is 34.4 Å². The molecular formula is C16H18BrNO2. The van der Waals surface area contributed by atoms with Gasteiger partial charge < -0.3 is 9.72 Å². The molecule has 0 spiro atoms. The van der Waals surface area contributed by atoms with Crippen molar-refractivity contribution in [1.29, 1.82) is 0 Å². The van der Waals surface area contributed by atoms with E-state index in [4.69, 9.17) is 4.74 Å². The number of aromatic amines is 1. The SMILES string of the molecule is O=C(CCC1CCCCO1)c1c[nH]c2cc(Br)ccc12. The molecule has 1 N–H and O–H groups in total. The van der Waals surface area contributed by atoms with Crippen LogP contribution in [0.2, 0.25) is 0 Å². The van der Waals surface area contributed by atoms with Crippen LogP contribution in [0, 0.1) is 0 Å². The van der Waals surface area contributed by atoms with Gasteiger partial charge in [0.25, 0.3) is 0 Å². The van der Waals surface area contributed by atoms with Crippen molar-refractivity contribution in [3.63, 3.8) is 0 Å². The molecule has 0 aliphatic carbocycles. The summed E-state index contributed by atoms with van der Waals surface area (Å²) in [7, 11) is 0. The van der Waals surface area contributed by atoms with E-state index in [1.54, 1.807) is 0 Å². The molecule has 0 saturated carbocycles. The van der Waals surface area contributed by atoms with Crippen molar-refractivity contribution in [3.8, 4) is 0 Å². The van der Waals surface area contributed by atoms with Gasteiger partial charge in [0.2, 0.25) is 0 Å². The number of hydrogen-bond donors (Lipinski definition) is 1. The fourth-order valence-corrected chi connectivity index (χ4v) is 3.15. The quantitative estimate of drug-likeness (QED) is 0.838. The van der Waals surface area contributed by atoms with Crippen molar-refractivity contribution < 1.29 is 9.53 Å². The number of Topliss-reactive ketones (excluding diaryl/α,β-unsaturated/α-hetero) is 1. The van der Waals surface area contributed by atoms with Gasteiger partial charge >= 0.3 is 0 Å². The predicted octanol–water partition coefficient (Wildman–Crippen LogP) is 4.46. The van der Waals surface area contributed by atoms with Crippen LogP contribution in [0.15, 0.2) is 28.9 Å². The molecule has 20 heavy (non-hydrogen) atoms. The molecule has 2 aromatic rings. The topological polar surface area (TPSA) is 42.1 Å². The predicted molar refractivity (Wildman–Crippen MR) is 83.2 cm³/mol. The molecule has 0 bridgehead atoms. The summed E-state index contributed by atoms with van der Waals surface area (Å²) in [5.74, 6) is 0.202. The van der Waals surface area contributed by atoms with E-state index in [2.05, 4.69) is 20.9 Å². The third-order valence-corrected chi connectivity index (χ3v) is 4.40. The smallest absolute Gasteiger partial charge is 0.165 e. The molecular weight excluding hydrogens is 318 g/mol. The number of ether oxygens (including phenoxy) is 1. The van der Waals surface area contributed by atoms with Crippen LogP contribution in [0.25, 0.3) is 10.9 Å². The van der Waals surface area contributed by atoms with Gasteiger partial charge in [-0.15, -0.1) is 0 Å². The maximum absolute atomic E-state index is 12.4. The van der Waals surface area contributed by atoms with E-state index in [-0.39, 0.29) is 11.9 Å². The highest BCUT2D eigenvalue weighted by Crippen LogP contribution is 2.24. The molecule has 3 rings (SSSR count). The van der Waals surface area contributed by atoms with Crippen molar-refractivity contribution in [2.24, 2.45) is 0 Å². The normalized spacial score (nSPS) is 19.4. The average molecular weight is 336 g/mol. The fraction of sp³-hybridized carbons (Fsp3) is 0.438. The molecule has 1 aromatic carbocycles. The molecule has 1 aliphatic rings. The Labute approximate surface area is 126 Å². The standard InChI is InChI=1S/C16H18BrNO2/c17-11-4-6-13-14(10-18-15(13)9-11)16(19)7-5-12-3-1-2-8-20-12/h4,6,9-10,12,18H,1-3,5,7-8H2. The van der Waals surface area contributed by atoms with Crippen molar-refractivity contribution in [2.45, 2.75) is 38.2 Å². The van der Waals surface area contributed by atoms with Crippen LogP contribution in [0.4, 0.5) is 0 Å². The first-order valence-corrected chi connectivity index (χ1v) is 7.95. The molecule has 1 saturated heterocycles. The van der Waals surface area contributed by atoms with Crippen LogP contribution < -0.4 is 0 Å².